The molecule has 0 amide bonds. The molecule has 0 saturated carbocycles. The van der Waals surface area contributed by atoms with Crippen LogP contribution in [-0.4, -0.2) is 49.9 Å². The van der Waals surface area contributed by atoms with Crippen LogP contribution < -0.4 is 0 Å². The van der Waals surface area contributed by atoms with Crippen molar-refractivity contribution in [2.75, 3.05) is 7.11 Å². The van der Waals surface area contributed by atoms with Gasteiger partial charge < -0.3 is 7.69 Å². The first-order valence-corrected chi connectivity index (χ1v) is 0.956. The third-order valence-corrected chi connectivity index (χ3v) is 0.149. The van der Waals surface area contributed by atoms with Crippen LogP contribution in [0.5, 0.6) is 0 Å². The summed E-state index contributed by atoms with van der Waals surface area (Å²) in [6, 6.07) is 0. The molecular formula is CH5CaNO3. The maximum absolute atomic E-state index is 8.95. The average molecular weight is 119 g/mol. The van der Waals surface area contributed by atoms with Crippen LogP contribution in [0.4, 0.5) is 0 Å². The molecule has 0 aliphatic rings. The van der Waals surface area contributed by atoms with Crippen LogP contribution in [0.15, 0.2) is 0 Å². The predicted molar refractivity (Wildman–Crippen MR) is 22.0 cm³/mol. The van der Waals surface area contributed by atoms with Crippen molar-refractivity contribution in [3.63, 3.8) is 0 Å². The van der Waals surface area contributed by atoms with Gasteiger partial charge in [0.15, 0.2) is 0 Å². The van der Waals surface area contributed by atoms with Gasteiger partial charge in [-0.2, -0.15) is 0 Å². The topological polar surface area (TPSA) is 52.4 Å². The van der Waals surface area contributed by atoms with Crippen molar-refractivity contribution < 1.29 is 12.8 Å². The van der Waals surface area contributed by atoms with Gasteiger partial charge in [-0.1, -0.05) is 0 Å². The van der Waals surface area contributed by atoms with Crippen LogP contribution in [-0.2, 0) is 4.84 Å². The van der Waals surface area contributed by atoms with Crippen molar-refractivity contribution in [2.24, 2.45) is 0 Å². The normalized spacial score (nSPS) is 5.50. The minimum atomic E-state index is -0.875. The zero-order valence-electron chi connectivity index (χ0n) is 5.38. The van der Waals surface area contributed by atoms with Gasteiger partial charge in [-0.3, -0.25) is 0 Å². The first kappa shape index (κ1) is 9.68. The van der Waals surface area contributed by atoms with E-state index in [2.05, 4.69) is 4.84 Å². The molecule has 0 radical (unpaired) electrons. The Morgan fingerprint density at radius 1 is 2.00 bits per heavy atom. The van der Waals surface area contributed by atoms with E-state index >= 15 is 0 Å². The molecule has 0 atom stereocenters. The van der Waals surface area contributed by atoms with Gasteiger partial charge in [0, 0.05) is 0 Å². The minimum Gasteiger partial charge on any atom is -1.00 e. The summed E-state index contributed by atoms with van der Waals surface area (Å²) in [5.41, 5.74) is 0. The van der Waals surface area contributed by atoms with E-state index in [0.717, 1.165) is 7.11 Å². The summed E-state index contributed by atoms with van der Waals surface area (Å²) in [5, 5.41) is 8.08. The van der Waals surface area contributed by atoms with Gasteiger partial charge in [-0.05, 0) is 0 Å². The predicted octanol–water partition coefficient (Wildman–Crippen LogP) is -0.331. The largest absolute Gasteiger partial charge is 2.00 e. The van der Waals surface area contributed by atoms with Gasteiger partial charge >= 0.3 is 37.7 Å². The Labute approximate surface area is 67.5 Å². The first-order chi connectivity index (χ1) is 2.27. The van der Waals surface area contributed by atoms with Crippen LogP contribution >= 0.6 is 0 Å². The molecule has 4 nitrogen and oxygen atoms in total. The molecule has 0 saturated heterocycles. The second kappa shape index (κ2) is 5.46. The molecule has 0 N–H and O–H groups in total. The molecule has 0 spiro atoms. The van der Waals surface area contributed by atoms with Gasteiger partial charge in [0.1, 0.15) is 0 Å². The van der Waals surface area contributed by atoms with E-state index in [4.69, 9.17) is 10.1 Å². The average Bonchev–Trinajstić information content (AvgIpc) is 1.38. The van der Waals surface area contributed by atoms with Crippen LogP contribution in [0.1, 0.15) is 2.85 Å². The zero-order valence-corrected chi connectivity index (χ0v) is 5.59. The van der Waals surface area contributed by atoms with Crippen molar-refractivity contribution in [3.05, 3.63) is 10.1 Å². The Balaban J connectivity index is -0.0000000267. The molecule has 0 heterocycles. The Kier molecular flexibility index (Phi) is 8.81. The quantitative estimate of drug-likeness (QED) is 0.270. The molecule has 5 heteroatoms. The number of rotatable bonds is 1. The molecule has 0 aromatic carbocycles. The number of nitrogens with zero attached hydrogens (tertiary/aromatic N) is 1. The Morgan fingerprint density at radius 2 is 2.17 bits per heavy atom. The summed E-state index contributed by atoms with van der Waals surface area (Å²) >= 11 is 0. The minimum absolute atomic E-state index is 0. The maximum Gasteiger partial charge on any atom is 2.00 e. The Morgan fingerprint density at radius 3 is 2.17 bits per heavy atom. The van der Waals surface area contributed by atoms with Crippen LogP contribution in [0, 0.1) is 10.1 Å². The number of hydrogen-bond donors (Lipinski definition) is 0. The van der Waals surface area contributed by atoms with Crippen LogP contribution in [0.2, 0.25) is 0 Å². The second-order valence-electron chi connectivity index (χ2n) is 0.406. The fourth-order valence-corrected chi connectivity index (χ4v) is 0. The molecule has 0 aromatic rings. The van der Waals surface area contributed by atoms with Gasteiger partial charge in [-0.25, -0.2) is 0 Å². The molecule has 34 valence electrons. The molecule has 0 unspecified atom stereocenters. The molecule has 0 fully saturated rings. The van der Waals surface area contributed by atoms with E-state index < -0.39 is 5.09 Å². The van der Waals surface area contributed by atoms with Crippen LogP contribution in [0.3, 0.4) is 0 Å². The van der Waals surface area contributed by atoms with E-state index in [9.17, 15) is 0 Å². The zero-order chi connectivity index (χ0) is 4.28. The summed E-state index contributed by atoms with van der Waals surface area (Å²) in [5.74, 6) is 0. The standard InChI is InChI=1S/CH3NO3.Ca.2H/c1-5-2(3)4;;;/h1H3;;;/q;+2;2*-1. The molecule has 0 bridgehead atoms. The van der Waals surface area contributed by atoms with E-state index in [1.165, 1.54) is 0 Å². The van der Waals surface area contributed by atoms with E-state index in [1.807, 2.05) is 0 Å². The number of hydrogen-bond acceptors (Lipinski definition) is 3. The maximum atomic E-state index is 8.95. The summed E-state index contributed by atoms with van der Waals surface area (Å²) in [7, 11) is 1.00. The van der Waals surface area contributed by atoms with Gasteiger partial charge in [-0.15, -0.1) is 10.1 Å². The van der Waals surface area contributed by atoms with Gasteiger partial charge in [0.05, 0.1) is 7.11 Å². The third-order valence-electron chi connectivity index (χ3n) is 0.149. The summed E-state index contributed by atoms with van der Waals surface area (Å²) in [4.78, 5) is 12.4. The third kappa shape index (κ3) is 8.82. The fourth-order valence-electron chi connectivity index (χ4n) is 0. The van der Waals surface area contributed by atoms with E-state index in [1.54, 1.807) is 0 Å². The summed E-state index contributed by atoms with van der Waals surface area (Å²) < 4.78 is 0. The van der Waals surface area contributed by atoms with Gasteiger partial charge in [0.25, 0.3) is 5.09 Å². The Hall–Kier alpha value is 0.460. The molecule has 6 heavy (non-hydrogen) atoms. The molecular weight excluding hydrogens is 114 g/mol. The summed E-state index contributed by atoms with van der Waals surface area (Å²) in [6.07, 6.45) is 0. The van der Waals surface area contributed by atoms with Crippen LogP contribution in [0.25, 0.3) is 0 Å². The van der Waals surface area contributed by atoms with Crippen molar-refractivity contribution in [1.82, 2.24) is 0 Å². The SMILES string of the molecule is CO[N+](=O)[O-].[Ca+2].[H-].[H-]. The fraction of sp³-hybridized carbons (Fsp3) is 1.00. The Bertz CT molecular complexity index is 52.5. The van der Waals surface area contributed by atoms with E-state index in [-0.39, 0.29) is 40.6 Å². The van der Waals surface area contributed by atoms with Crippen molar-refractivity contribution in [2.45, 2.75) is 0 Å². The van der Waals surface area contributed by atoms with E-state index in [0.29, 0.717) is 0 Å². The molecule has 0 aromatic heterocycles. The van der Waals surface area contributed by atoms with Gasteiger partial charge in [0.2, 0.25) is 0 Å². The first-order valence-electron chi connectivity index (χ1n) is 0.956. The summed E-state index contributed by atoms with van der Waals surface area (Å²) in [6.45, 7) is 0. The smallest absolute Gasteiger partial charge is 1.00 e. The second-order valence-corrected chi connectivity index (χ2v) is 0.406. The molecule has 0 aliphatic carbocycles. The molecule has 0 aliphatic heterocycles. The molecule has 0 rings (SSSR count). The monoisotopic (exact) mass is 119 g/mol. The van der Waals surface area contributed by atoms with Crippen molar-refractivity contribution in [3.8, 4) is 0 Å². The van der Waals surface area contributed by atoms with Crippen molar-refractivity contribution >= 4 is 37.7 Å². The van der Waals surface area contributed by atoms with Crippen molar-refractivity contribution in [1.29, 1.82) is 0 Å².